The molecular formula is C16H18ClNS. The molecule has 0 aliphatic heterocycles. The van der Waals surface area contributed by atoms with Crippen LogP contribution in [0.3, 0.4) is 0 Å². The Morgan fingerprint density at radius 3 is 2.42 bits per heavy atom. The molecule has 1 nitrogen and oxygen atoms in total. The summed E-state index contributed by atoms with van der Waals surface area (Å²) in [6.45, 7) is 0. The summed E-state index contributed by atoms with van der Waals surface area (Å²) >= 11 is 7.72. The van der Waals surface area contributed by atoms with Crippen LogP contribution in [-0.2, 0) is 19.3 Å². The highest BCUT2D eigenvalue weighted by Gasteiger charge is 2.27. The lowest BCUT2D eigenvalue weighted by Gasteiger charge is -2.22. The van der Waals surface area contributed by atoms with Gasteiger partial charge in [0.05, 0.1) is 4.34 Å². The Balaban J connectivity index is 1.71. The van der Waals surface area contributed by atoms with Gasteiger partial charge in [-0.2, -0.15) is 0 Å². The molecule has 0 saturated carbocycles. The van der Waals surface area contributed by atoms with E-state index in [9.17, 15) is 0 Å². The second-order valence-corrected chi connectivity index (χ2v) is 7.04. The average molecular weight is 292 g/mol. The van der Waals surface area contributed by atoms with E-state index >= 15 is 0 Å². The summed E-state index contributed by atoms with van der Waals surface area (Å²) in [6, 6.07) is 13.5. The third kappa shape index (κ3) is 2.86. The third-order valence-electron chi connectivity index (χ3n) is 4.07. The molecule has 1 aromatic carbocycles. The normalized spacial score (nSPS) is 16.5. The van der Waals surface area contributed by atoms with Crippen molar-refractivity contribution in [3.63, 3.8) is 0 Å². The van der Waals surface area contributed by atoms with Gasteiger partial charge in [0, 0.05) is 10.9 Å². The minimum atomic E-state index is 0.530. The molecule has 19 heavy (non-hydrogen) atoms. The van der Waals surface area contributed by atoms with Crippen molar-refractivity contribution in [3.05, 3.63) is 56.7 Å². The van der Waals surface area contributed by atoms with E-state index in [1.54, 1.807) is 11.3 Å². The summed E-state index contributed by atoms with van der Waals surface area (Å²) in [5.74, 6) is 0.697. The smallest absolute Gasteiger partial charge is 0.0931 e. The van der Waals surface area contributed by atoms with Gasteiger partial charge in [-0.05, 0) is 55.5 Å². The molecule has 0 amide bonds. The van der Waals surface area contributed by atoms with Crippen LogP contribution in [0.1, 0.15) is 16.0 Å². The van der Waals surface area contributed by atoms with E-state index in [0.717, 1.165) is 10.8 Å². The van der Waals surface area contributed by atoms with Crippen LogP contribution in [0, 0.1) is 5.92 Å². The van der Waals surface area contributed by atoms with Gasteiger partial charge < -0.3 is 5.32 Å². The predicted molar refractivity (Wildman–Crippen MR) is 83.2 cm³/mol. The molecule has 1 unspecified atom stereocenters. The molecule has 1 N–H and O–H groups in total. The first kappa shape index (κ1) is 13.2. The van der Waals surface area contributed by atoms with Crippen molar-refractivity contribution in [3.8, 4) is 0 Å². The number of thiophene rings is 1. The molecule has 1 heterocycles. The van der Waals surface area contributed by atoms with Crippen LogP contribution in [0.4, 0.5) is 0 Å². The molecule has 100 valence electrons. The largest absolute Gasteiger partial charge is 0.316 e. The zero-order valence-corrected chi connectivity index (χ0v) is 12.6. The minimum absolute atomic E-state index is 0.530. The molecule has 0 radical (unpaired) electrons. The second kappa shape index (κ2) is 5.66. The van der Waals surface area contributed by atoms with Crippen molar-refractivity contribution in [2.45, 2.75) is 25.3 Å². The highest BCUT2D eigenvalue weighted by molar-refractivity contribution is 7.16. The minimum Gasteiger partial charge on any atom is -0.316 e. The Labute approximate surface area is 123 Å². The number of benzene rings is 1. The highest BCUT2D eigenvalue weighted by atomic mass is 35.5. The quantitative estimate of drug-likeness (QED) is 0.899. The van der Waals surface area contributed by atoms with Crippen LogP contribution in [0.2, 0.25) is 4.34 Å². The van der Waals surface area contributed by atoms with Crippen molar-refractivity contribution < 1.29 is 0 Å². The average Bonchev–Trinajstić information content (AvgIpc) is 3.01. The molecule has 1 aliphatic rings. The summed E-state index contributed by atoms with van der Waals surface area (Å²) in [4.78, 5) is 1.38. The summed E-state index contributed by atoms with van der Waals surface area (Å²) in [5, 5.41) is 3.50. The van der Waals surface area contributed by atoms with Crippen molar-refractivity contribution in [2.75, 3.05) is 7.05 Å². The first-order chi connectivity index (χ1) is 9.26. The molecule has 3 heteroatoms. The highest BCUT2D eigenvalue weighted by Crippen LogP contribution is 2.31. The van der Waals surface area contributed by atoms with Gasteiger partial charge in [0.2, 0.25) is 0 Å². The Bertz CT molecular complexity index is 538. The molecule has 0 bridgehead atoms. The van der Waals surface area contributed by atoms with E-state index in [1.807, 2.05) is 6.07 Å². The summed E-state index contributed by atoms with van der Waals surface area (Å²) in [6.07, 6.45) is 3.47. The maximum absolute atomic E-state index is 6.02. The number of fused-ring (bicyclic) bond motifs is 1. The monoisotopic (exact) mass is 291 g/mol. The molecule has 3 rings (SSSR count). The third-order valence-corrected chi connectivity index (χ3v) is 5.33. The number of halogens is 1. The fraction of sp³-hybridized carbons (Fsp3) is 0.375. The SMILES string of the molecule is CNC(Cc1ccc(Cl)s1)C1Cc2ccccc2C1. The zero-order chi connectivity index (χ0) is 13.2. The number of hydrogen-bond donors (Lipinski definition) is 1. The van der Waals surface area contributed by atoms with Crippen LogP contribution in [0.25, 0.3) is 0 Å². The van der Waals surface area contributed by atoms with Crippen molar-refractivity contribution >= 4 is 22.9 Å². The van der Waals surface area contributed by atoms with Crippen LogP contribution in [-0.4, -0.2) is 13.1 Å². The van der Waals surface area contributed by atoms with Crippen molar-refractivity contribution in [1.29, 1.82) is 0 Å². The molecule has 2 aromatic rings. The fourth-order valence-corrected chi connectivity index (χ4v) is 4.21. The second-order valence-electron chi connectivity index (χ2n) is 5.24. The summed E-state index contributed by atoms with van der Waals surface area (Å²) in [7, 11) is 2.07. The van der Waals surface area contributed by atoms with E-state index in [4.69, 9.17) is 11.6 Å². The summed E-state index contributed by atoms with van der Waals surface area (Å²) < 4.78 is 0.888. The molecule has 1 aliphatic carbocycles. The van der Waals surface area contributed by atoms with Gasteiger partial charge in [-0.25, -0.2) is 0 Å². The van der Waals surface area contributed by atoms with Gasteiger partial charge in [0.1, 0.15) is 0 Å². The van der Waals surface area contributed by atoms with E-state index in [0.29, 0.717) is 12.0 Å². The molecular weight excluding hydrogens is 274 g/mol. The molecule has 1 atom stereocenters. The van der Waals surface area contributed by atoms with E-state index in [-0.39, 0.29) is 0 Å². The van der Waals surface area contributed by atoms with Crippen LogP contribution >= 0.6 is 22.9 Å². The Hall–Kier alpha value is -0.830. The van der Waals surface area contributed by atoms with Crippen LogP contribution in [0.15, 0.2) is 36.4 Å². The fourth-order valence-electron chi connectivity index (χ4n) is 3.06. The number of nitrogens with one attached hydrogen (secondary N) is 1. The lowest BCUT2D eigenvalue weighted by atomic mass is 9.93. The lowest BCUT2D eigenvalue weighted by Crippen LogP contribution is -2.35. The van der Waals surface area contributed by atoms with E-state index in [1.165, 1.54) is 28.8 Å². The standard InChI is InChI=1S/C16H18ClNS/c1-18-15(10-14-6-7-16(17)19-14)13-8-11-4-2-3-5-12(11)9-13/h2-7,13,15,18H,8-10H2,1H3. The Kier molecular flexibility index (Phi) is 3.92. The summed E-state index contributed by atoms with van der Waals surface area (Å²) in [5.41, 5.74) is 3.05. The molecule has 0 spiro atoms. The van der Waals surface area contributed by atoms with Crippen molar-refractivity contribution in [2.24, 2.45) is 5.92 Å². The lowest BCUT2D eigenvalue weighted by molar-refractivity contribution is 0.385. The topological polar surface area (TPSA) is 12.0 Å². The van der Waals surface area contributed by atoms with Gasteiger partial charge in [-0.3, -0.25) is 0 Å². The van der Waals surface area contributed by atoms with Gasteiger partial charge in [0.15, 0.2) is 0 Å². The Morgan fingerprint density at radius 2 is 1.89 bits per heavy atom. The molecule has 0 saturated heterocycles. The Morgan fingerprint density at radius 1 is 1.21 bits per heavy atom. The van der Waals surface area contributed by atoms with Crippen LogP contribution in [0.5, 0.6) is 0 Å². The van der Waals surface area contributed by atoms with Crippen LogP contribution < -0.4 is 5.32 Å². The maximum atomic E-state index is 6.02. The van der Waals surface area contributed by atoms with Gasteiger partial charge in [-0.1, -0.05) is 35.9 Å². The van der Waals surface area contributed by atoms with Gasteiger partial charge in [0.25, 0.3) is 0 Å². The number of rotatable bonds is 4. The number of hydrogen-bond acceptors (Lipinski definition) is 2. The predicted octanol–water partition coefficient (Wildman–Crippen LogP) is 3.95. The first-order valence-electron chi connectivity index (χ1n) is 6.74. The maximum Gasteiger partial charge on any atom is 0.0931 e. The van der Waals surface area contributed by atoms with Crippen molar-refractivity contribution in [1.82, 2.24) is 5.32 Å². The van der Waals surface area contributed by atoms with Gasteiger partial charge in [-0.15, -0.1) is 11.3 Å². The molecule has 0 fully saturated rings. The number of likely N-dealkylation sites (N-methyl/N-ethyl adjacent to an activating group) is 1. The molecule has 1 aromatic heterocycles. The van der Waals surface area contributed by atoms with E-state index < -0.39 is 0 Å². The van der Waals surface area contributed by atoms with Gasteiger partial charge >= 0.3 is 0 Å². The van der Waals surface area contributed by atoms with E-state index in [2.05, 4.69) is 42.7 Å². The first-order valence-corrected chi connectivity index (χ1v) is 7.94. The zero-order valence-electron chi connectivity index (χ0n) is 11.0.